The van der Waals surface area contributed by atoms with E-state index in [1.165, 1.54) is 6.07 Å². The van der Waals surface area contributed by atoms with Gasteiger partial charge in [-0.25, -0.2) is 0 Å². The van der Waals surface area contributed by atoms with Gasteiger partial charge in [-0.3, -0.25) is 0 Å². The van der Waals surface area contributed by atoms with Gasteiger partial charge in [-0.15, -0.1) is 0 Å². The summed E-state index contributed by atoms with van der Waals surface area (Å²) in [5.74, 6) is -0.212. The van der Waals surface area contributed by atoms with E-state index < -0.39 is 6.10 Å². The summed E-state index contributed by atoms with van der Waals surface area (Å²) < 4.78 is 0. The Morgan fingerprint density at radius 1 is 1.29 bits per heavy atom. The first-order chi connectivity index (χ1) is 8.00. The maximum absolute atomic E-state index is 10.2. The topological polar surface area (TPSA) is 72.7 Å². The number of rotatable bonds is 2. The van der Waals surface area contributed by atoms with Crippen molar-refractivity contribution in [2.75, 3.05) is 0 Å². The molecule has 1 aromatic rings. The Morgan fingerprint density at radius 2 is 2.00 bits per heavy atom. The summed E-state index contributed by atoms with van der Waals surface area (Å²) in [5.41, 5.74) is 1.38. The Balaban J connectivity index is 2.30. The van der Waals surface area contributed by atoms with Gasteiger partial charge in [-0.1, -0.05) is 19.9 Å². The van der Waals surface area contributed by atoms with Crippen LogP contribution in [0.15, 0.2) is 12.1 Å². The van der Waals surface area contributed by atoms with Gasteiger partial charge in [0.2, 0.25) is 0 Å². The molecule has 2 rings (SSSR count). The van der Waals surface area contributed by atoms with E-state index in [1.54, 1.807) is 6.07 Å². The SMILES string of the molecule is CC(C)N[C@@H]1CCc2c(ccc(O)c2O)C1O. The van der Waals surface area contributed by atoms with Crippen LogP contribution >= 0.6 is 0 Å². The Morgan fingerprint density at radius 3 is 2.65 bits per heavy atom. The lowest BCUT2D eigenvalue weighted by molar-refractivity contribution is 0.109. The fourth-order valence-corrected chi connectivity index (χ4v) is 2.46. The molecule has 94 valence electrons. The van der Waals surface area contributed by atoms with Crippen LogP contribution in [0.3, 0.4) is 0 Å². The number of aromatic hydroxyl groups is 2. The number of hydrogen-bond donors (Lipinski definition) is 4. The molecule has 2 atom stereocenters. The largest absolute Gasteiger partial charge is 0.504 e. The van der Waals surface area contributed by atoms with Gasteiger partial charge in [0.05, 0.1) is 6.10 Å². The van der Waals surface area contributed by atoms with Crippen LogP contribution in [0, 0.1) is 0 Å². The van der Waals surface area contributed by atoms with Crippen molar-refractivity contribution in [2.24, 2.45) is 0 Å². The van der Waals surface area contributed by atoms with E-state index in [9.17, 15) is 15.3 Å². The maximum atomic E-state index is 10.2. The molecule has 0 radical (unpaired) electrons. The van der Waals surface area contributed by atoms with Gasteiger partial charge in [0.1, 0.15) is 0 Å². The highest BCUT2D eigenvalue weighted by Gasteiger charge is 2.30. The van der Waals surface area contributed by atoms with E-state index in [4.69, 9.17) is 0 Å². The third-order valence-corrected chi connectivity index (χ3v) is 3.25. The Kier molecular flexibility index (Phi) is 3.26. The summed E-state index contributed by atoms with van der Waals surface area (Å²) in [6.07, 6.45) is 0.785. The van der Waals surface area contributed by atoms with Crippen molar-refractivity contribution in [3.05, 3.63) is 23.3 Å². The number of fused-ring (bicyclic) bond motifs is 1. The lowest BCUT2D eigenvalue weighted by atomic mass is 9.85. The van der Waals surface area contributed by atoms with E-state index in [0.717, 1.165) is 6.42 Å². The molecule has 0 fully saturated rings. The van der Waals surface area contributed by atoms with Crippen molar-refractivity contribution in [3.8, 4) is 11.5 Å². The number of hydrogen-bond acceptors (Lipinski definition) is 4. The average molecular weight is 237 g/mol. The lowest BCUT2D eigenvalue weighted by Gasteiger charge is -2.32. The van der Waals surface area contributed by atoms with E-state index in [1.807, 2.05) is 13.8 Å². The molecule has 4 nitrogen and oxygen atoms in total. The van der Waals surface area contributed by atoms with E-state index in [2.05, 4.69) is 5.32 Å². The molecule has 0 spiro atoms. The molecular formula is C13H19NO3. The summed E-state index contributed by atoms with van der Waals surface area (Å²) in [4.78, 5) is 0. The first kappa shape index (κ1) is 12.2. The monoisotopic (exact) mass is 237 g/mol. The average Bonchev–Trinajstić information content (AvgIpc) is 2.27. The third kappa shape index (κ3) is 2.23. The summed E-state index contributed by atoms with van der Waals surface area (Å²) in [5, 5.41) is 32.7. The fourth-order valence-electron chi connectivity index (χ4n) is 2.46. The van der Waals surface area contributed by atoms with Gasteiger partial charge in [0.15, 0.2) is 11.5 Å². The molecule has 0 heterocycles. The molecule has 1 aliphatic carbocycles. The first-order valence-corrected chi connectivity index (χ1v) is 5.98. The molecule has 17 heavy (non-hydrogen) atoms. The molecule has 1 unspecified atom stereocenters. The normalized spacial score (nSPS) is 23.8. The smallest absolute Gasteiger partial charge is 0.161 e. The Hall–Kier alpha value is -1.26. The molecule has 1 aliphatic rings. The van der Waals surface area contributed by atoms with E-state index in [-0.39, 0.29) is 17.5 Å². The zero-order valence-corrected chi connectivity index (χ0v) is 10.1. The van der Waals surface area contributed by atoms with Gasteiger partial charge in [0, 0.05) is 17.6 Å². The first-order valence-electron chi connectivity index (χ1n) is 5.98. The number of aliphatic hydroxyl groups is 1. The Bertz CT molecular complexity index is 417. The molecule has 0 saturated heterocycles. The highest BCUT2D eigenvalue weighted by Crippen LogP contribution is 2.39. The molecule has 1 aromatic carbocycles. The molecule has 4 N–H and O–H groups in total. The van der Waals surface area contributed by atoms with Gasteiger partial charge in [-0.05, 0) is 24.5 Å². The van der Waals surface area contributed by atoms with Gasteiger partial charge >= 0.3 is 0 Å². The predicted molar refractivity (Wildman–Crippen MR) is 65.1 cm³/mol. The molecule has 0 bridgehead atoms. The number of benzene rings is 1. The zero-order valence-electron chi connectivity index (χ0n) is 10.1. The van der Waals surface area contributed by atoms with E-state index >= 15 is 0 Å². The fraction of sp³-hybridized carbons (Fsp3) is 0.538. The van der Waals surface area contributed by atoms with Gasteiger partial charge < -0.3 is 20.6 Å². The molecule has 0 aromatic heterocycles. The van der Waals surface area contributed by atoms with Crippen LogP contribution in [0.4, 0.5) is 0 Å². The number of phenols is 2. The minimum absolute atomic E-state index is 0.00597. The highest BCUT2D eigenvalue weighted by molar-refractivity contribution is 5.51. The van der Waals surface area contributed by atoms with Crippen molar-refractivity contribution in [3.63, 3.8) is 0 Å². The van der Waals surface area contributed by atoms with Crippen LogP contribution in [0.5, 0.6) is 11.5 Å². The molecular weight excluding hydrogens is 218 g/mol. The Labute approximate surface area is 101 Å². The summed E-state index contributed by atoms with van der Waals surface area (Å²) in [6, 6.07) is 3.42. The van der Waals surface area contributed by atoms with Crippen LogP contribution in [0.2, 0.25) is 0 Å². The number of aliphatic hydroxyl groups excluding tert-OH is 1. The van der Waals surface area contributed by atoms with Crippen molar-refractivity contribution in [1.82, 2.24) is 5.32 Å². The quantitative estimate of drug-likeness (QED) is 0.587. The minimum atomic E-state index is -0.632. The van der Waals surface area contributed by atoms with E-state index in [0.29, 0.717) is 23.6 Å². The predicted octanol–water partition coefficient (Wildman–Crippen LogP) is 1.44. The van der Waals surface area contributed by atoms with Crippen molar-refractivity contribution < 1.29 is 15.3 Å². The van der Waals surface area contributed by atoms with Gasteiger partial charge in [0.25, 0.3) is 0 Å². The van der Waals surface area contributed by atoms with Crippen LogP contribution in [-0.2, 0) is 6.42 Å². The molecule has 0 aliphatic heterocycles. The summed E-state index contributed by atoms with van der Waals surface area (Å²) in [6.45, 7) is 4.08. The standard InChI is InChI=1S/C13H19NO3/c1-7(2)14-10-5-3-9-8(12(10)16)4-6-11(15)13(9)17/h4,6-7,10,12,14-17H,3,5H2,1-2H3/t10-,12?/m1/s1. The van der Waals surface area contributed by atoms with Crippen LogP contribution in [0.25, 0.3) is 0 Å². The van der Waals surface area contributed by atoms with Crippen LogP contribution in [-0.4, -0.2) is 27.4 Å². The van der Waals surface area contributed by atoms with Gasteiger partial charge in [-0.2, -0.15) is 0 Å². The second-order valence-electron chi connectivity index (χ2n) is 4.91. The second kappa shape index (κ2) is 4.55. The summed E-state index contributed by atoms with van der Waals surface area (Å²) in [7, 11) is 0. The molecule has 0 saturated carbocycles. The lowest BCUT2D eigenvalue weighted by Crippen LogP contribution is -2.41. The van der Waals surface area contributed by atoms with Crippen molar-refractivity contribution in [1.29, 1.82) is 0 Å². The minimum Gasteiger partial charge on any atom is -0.504 e. The zero-order chi connectivity index (χ0) is 12.6. The van der Waals surface area contributed by atoms with Crippen molar-refractivity contribution >= 4 is 0 Å². The maximum Gasteiger partial charge on any atom is 0.161 e. The highest BCUT2D eigenvalue weighted by atomic mass is 16.3. The third-order valence-electron chi connectivity index (χ3n) is 3.25. The van der Waals surface area contributed by atoms with Crippen molar-refractivity contribution in [2.45, 2.75) is 44.9 Å². The van der Waals surface area contributed by atoms with Crippen LogP contribution in [0.1, 0.15) is 37.5 Å². The van der Waals surface area contributed by atoms with Crippen LogP contribution < -0.4 is 5.32 Å². The second-order valence-corrected chi connectivity index (χ2v) is 4.91. The summed E-state index contributed by atoms with van der Waals surface area (Å²) >= 11 is 0. The number of phenolic OH excluding ortho intramolecular Hbond substituents is 2. The molecule has 4 heteroatoms. The molecule has 0 amide bonds. The number of nitrogens with one attached hydrogen (secondary N) is 1.